The van der Waals surface area contributed by atoms with Crippen molar-refractivity contribution >= 4 is 28.4 Å². The molecule has 2 N–H and O–H groups in total. The Morgan fingerprint density at radius 1 is 1.26 bits per heavy atom. The van der Waals surface area contributed by atoms with E-state index in [1.807, 2.05) is 19.9 Å². The molecule has 39 heavy (non-hydrogen) atoms. The van der Waals surface area contributed by atoms with Crippen molar-refractivity contribution < 1.29 is 18.7 Å². The first-order chi connectivity index (χ1) is 18.6. The number of hydrogen-bond donors (Lipinski definition) is 2. The van der Waals surface area contributed by atoms with Gasteiger partial charge in [0.15, 0.2) is 0 Å². The van der Waals surface area contributed by atoms with Gasteiger partial charge in [0.2, 0.25) is 0 Å². The average Bonchev–Trinajstić information content (AvgIpc) is 2.91. The van der Waals surface area contributed by atoms with Gasteiger partial charge in [-0.2, -0.15) is 0 Å². The van der Waals surface area contributed by atoms with Gasteiger partial charge in [0.05, 0.1) is 12.1 Å². The fraction of sp³-hybridized carbons (Fsp3) is 0.500. The van der Waals surface area contributed by atoms with Crippen LogP contribution in [-0.2, 0) is 12.8 Å². The van der Waals surface area contributed by atoms with E-state index in [1.54, 1.807) is 24.4 Å². The van der Waals surface area contributed by atoms with Crippen molar-refractivity contribution in [2.24, 2.45) is 5.92 Å². The van der Waals surface area contributed by atoms with Gasteiger partial charge in [0.25, 0.3) is 5.91 Å². The number of aryl methyl sites for hydroxylation is 1. The molecule has 1 aromatic carbocycles. The van der Waals surface area contributed by atoms with E-state index >= 15 is 8.78 Å². The maximum absolute atomic E-state index is 15.4. The minimum atomic E-state index is -1.32. The van der Waals surface area contributed by atoms with Crippen molar-refractivity contribution in [3.05, 3.63) is 69.9 Å². The van der Waals surface area contributed by atoms with Gasteiger partial charge in [-0.05, 0) is 73.4 Å². The Morgan fingerprint density at radius 2 is 2.03 bits per heavy atom. The molecular formula is C30H35ClF2N4O2. The van der Waals surface area contributed by atoms with Crippen molar-refractivity contribution in [1.29, 1.82) is 0 Å². The Hall–Kier alpha value is -2.68. The number of likely N-dealkylation sites (tertiary alicyclic amines) is 1. The van der Waals surface area contributed by atoms with Gasteiger partial charge in [-0.3, -0.25) is 4.79 Å². The highest BCUT2D eigenvalue weighted by atomic mass is 35.5. The number of benzene rings is 1. The van der Waals surface area contributed by atoms with Gasteiger partial charge in [-0.25, -0.2) is 18.7 Å². The van der Waals surface area contributed by atoms with Crippen molar-refractivity contribution in [1.82, 2.24) is 20.2 Å². The number of amides is 1. The van der Waals surface area contributed by atoms with Crippen molar-refractivity contribution in [2.75, 3.05) is 19.6 Å². The van der Waals surface area contributed by atoms with Crippen LogP contribution in [-0.4, -0.2) is 57.3 Å². The second-order valence-electron chi connectivity index (χ2n) is 11.3. The molecule has 1 saturated heterocycles. The molecule has 3 heterocycles. The molecule has 208 valence electrons. The lowest BCUT2D eigenvalue weighted by atomic mass is 9.77. The number of halogens is 3. The molecule has 1 aliphatic heterocycles. The number of nitrogens with one attached hydrogen (secondary N) is 1. The summed E-state index contributed by atoms with van der Waals surface area (Å²) >= 11 is 5.99. The molecule has 5 rings (SSSR count). The second kappa shape index (κ2) is 11.4. The number of rotatable bonds is 7. The molecule has 0 bridgehead atoms. The summed E-state index contributed by atoms with van der Waals surface area (Å²) < 4.78 is 30.6. The molecule has 1 fully saturated rings. The van der Waals surface area contributed by atoms with E-state index in [1.165, 1.54) is 6.07 Å². The highest BCUT2D eigenvalue weighted by molar-refractivity contribution is 6.29. The maximum atomic E-state index is 15.4. The predicted octanol–water partition coefficient (Wildman–Crippen LogP) is 5.59. The number of hydrogen-bond acceptors (Lipinski definition) is 5. The molecule has 1 amide bonds. The lowest BCUT2D eigenvalue weighted by Gasteiger charge is -2.34. The molecule has 1 aliphatic carbocycles. The number of fused-ring (bicyclic) bond motifs is 2. The molecule has 6 nitrogen and oxygen atoms in total. The normalized spacial score (nSPS) is 21.2. The molecule has 2 aliphatic rings. The van der Waals surface area contributed by atoms with Crippen LogP contribution in [0.5, 0.6) is 0 Å². The highest BCUT2D eigenvalue weighted by Crippen LogP contribution is 2.38. The largest absolute Gasteiger partial charge is 0.393 e. The molecule has 9 heteroatoms. The topological polar surface area (TPSA) is 78.4 Å². The summed E-state index contributed by atoms with van der Waals surface area (Å²) in [4.78, 5) is 24.4. The van der Waals surface area contributed by atoms with Crippen LogP contribution in [0.4, 0.5) is 8.78 Å². The number of aliphatic hydroxyl groups excluding tert-OH is 1. The zero-order chi connectivity index (χ0) is 27.7. The summed E-state index contributed by atoms with van der Waals surface area (Å²) in [5.41, 5.74) is 1.37. The predicted molar refractivity (Wildman–Crippen MR) is 148 cm³/mol. The maximum Gasteiger partial charge on any atom is 0.251 e. The second-order valence-corrected chi connectivity index (χ2v) is 11.7. The minimum absolute atomic E-state index is 0.135. The summed E-state index contributed by atoms with van der Waals surface area (Å²) in [6.07, 6.45) is 4.53. The monoisotopic (exact) mass is 556 g/mol. The average molecular weight is 557 g/mol. The Balaban J connectivity index is 1.38. The quantitative estimate of drug-likeness (QED) is 0.371. The first-order valence-electron chi connectivity index (χ1n) is 13.7. The van der Waals surface area contributed by atoms with Crippen LogP contribution >= 0.6 is 11.6 Å². The lowest BCUT2D eigenvalue weighted by Crippen LogP contribution is -2.38. The molecule has 0 saturated carbocycles. The van der Waals surface area contributed by atoms with E-state index in [9.17, 15) is 9.90 Å². The van der Waals surface area contributed by atoms with Crippen LogP contribution in [0.15, 0.2) is 36.5 Å². The van der Waals surface area contributed by atoms with Gasteiger partial charge in [-0.15, -0.1) is 0 Å². The third-order valence-electron chi connectivity index (χ3n) is 8.35. The highest BCUT2D eigenvalue weighted by Gasteiger charge is 2.38. The third kappa shape index (κ3) is 6.23. The van der Waals surface area contributed by atoms with Crippen LogP contribution in [0.25, 0.3) is 10.9 Å². The van der Waals surface area contributed by atoms with Crippen LogP contribution < -0.4 is 5.32 Å². The van der Waals surface area contributed by atoms with E-state index in [4.69, 9.17) is 11.6 Å². The number of carbonyl (C=O) groups is 1. The minimum Gasteiger partial charge on any atom is -0.393 e. The smallest absolute Gasteiger partial charge is 0.251 e. The number of pyridine rings is 2. The number of aliphatic hydroxyl groups is 1. The van der Waals surface area contributed by atoms with Crippen molar-refractivity contribution in [3.8, 4) is 0 Å². The zero-order valence-corrected chi connectivity index (χ0v) is 23.1. The van der Waals surface area contributed by atoms with Gasteiger partial charge in [0, 0.05) is 48.9 Å². The number of alkyl halides is 1. The fourth-order valence-electron chi connectivity index (χ4n) is 5.66. The lowest BCUT2D eigenvalue weighted by molar-refractivity contribution is 0.0794. The van der Waals surface area contributed by atoms with Gasteiger partial charge >= 0.3 is 0 Å². The standard InChI is InChI=1S/C30H35ClF2N4O2/c1-18(2)30(33)9-5-25-22(16-30)14-20-13-21(15-24(32)28(20)35-25)29(39)36-26(19-3-4-27(31)34-17-19)8-12-37-10-6-23(38)7-11-37/h3-4,13-15,17-18,23,26,38H,5-12,16H2,1-2H3,(H,36,39)/t26-,30+/m1/s1. The fourth-order valence-corrected chi connectivity index (χ4v) is 5.77. The van der Waals surface area contributed by atoms with Crippen LogP contribution in [0.1, 0.15) is 72.8 Å². The first-order valence-corrected chi connectivity index (χ1v) is 14.1. The van der Waals surface area contributed by atoms with E-state index in [2.05, 4.69) is 20.2 Å². The number of piperidine rings is 1. The third-order valence-corrected chi connectivity index (χ3v) is 8.57. The van der Waals surface area contributed by atoms with Crippen molar-refractivity contribution in [3.63, 3.8) is 0 Å². The van der Waals surface area contributed by atoms with E-state index in [-0.39, 0.29) is 35.6 Å². The zero-order valence-electron chi connectivity index (χ0n) is 22.4. The molecule has 3 aromatic rings. The molecule has 2 atom stereocenters. The molecule has 2 aromatic heterocycles. The summed E-state index contributed by atoms with van der Waals surface area (Å²) in [5, 5.41) is 13.7. The summed E-state index contributed by atoms with van der Waals surface area (Å²) in [5.74, 6) is -1.12. The Bertz CT molecular complexity index is 1350. The Kier molecular flexibility index (Phi) is 8.17. The van der Waals surface area contributed by atoms with Crippen LogP contribution in [0.2, 0.25) is 5.15 Å². The SMILES string of the molecule is CC(C)[C@]1(F)CCc2nc3c(F)cc(C(=O)N[C@H](CCN4CCC(O)CC4)c4ccc(Cl)nc4)cc3cc2C1. The first kappa shape index (κ1) is 27.9. The van der Waals surface area contributed by atoms with Crippen molar-refractivity contribution in [2.45, 2.75) is 70.2 Å². The van der Waals surface area contributed by atoms with E-state index in [0.717, 1.165) is 49.3 Å². The molecule has 0 spiro atoms. The molecule has 0 radical (unpaired) electrons. The number of carbonyl (C=O) groups excluding carboxylic acids is 1. The van der Waals surface area contributed by atoms with E-state index in [0.29, 0.717) is 29.8 Å². The Labute approximate surface area is 232 Å². The summed E-state index contributed by atoms with van der Waals surface area (Å²) in [6, 6.07) is 7.78. The Morgan fingerprint density at radius 3 is 2.72 bits per heavy atom. The summed E-state index contributed by atoms with van der Waals surface area (Å²) in [6.45, 7) is 6.07. The molecular weight excluding hydrogens is 522 g/mol. The van der Waals surface area contributed by atoms with Gasteiger partial charge in [-0.1, -0.05) is 31.5 Å². The van der Waals surface area contributed by atoms with E-state index < -0.39 is 17.4 Å². The van der Waals surface area contributed by atoms with Gasteiger partial charge < -0.3 is 15.3 Å². The summed E-state index contributed by atoms with van der Waals surface area (Å²) in [7, 11) is 0. The van der Waals surface area contributed by atoms with Crippen LogP contribution in [0.3, 0.4) is 0 Å². The van der Waals surface area contributed by atoms with Gasteiger partial charge in [0.1, 0.15) is 22.2 Å². The number of aromatic nitrogens is 2. The van der Waals surface area contributed by atoms with Crippen LogP contribution in [0, 0.1) is 11.7 Å². The molecule has 0 unspecified atom stereocenters. The number of nitrogens with zero attached hydrogens (tertiary/aromatic N) is 3.